The number of carbonyl (C=O) groups excluding carboxylic acids is 3. The van der Waals surface area contributed by atoms with E-state index in [1.54, 1.807) is 0 Å². The minimum Gasteiger partial charge on any atom is -0.356 e. The van der Waals surface area contributed by atoms with E-state index in [1.807, 2.05) is 4.90 Å². The van der Waals surface area contributed by atoms with Gasteiger partial charge in [-0.1, -0.05) is 19.3 Å². The van der Waals surface area contributed by atoms with Gasteiger partial charge in [0, 0.05) is 43.9 Å². The van der Waals surface area contributed by atoms with Crippen LogP contribution < -0.4 is 10.6 Å². The van der Waals surface area contributed by atoms with E-state index in [0.717, 1.165) is 38.6 Å². The zero-order chi connectivity index (χ0) is 16.2. The average molecular weight is 321 g/mol. The Labute approximate surface area is 137 Å². The van der Waals surface area contributed by atoms with E-state index >= 15 is 0 Å². The Balaban J connectivity index is 1.46. The number of likely N-dealkylation sites (tertiary alicyclic amines) is 1. The minimum atomic E-state index is -0.216. The molecule has 3 fully saturated rings. The number of hydrogen-bond acceptors (Lipinski definition) is 3. The molecule has 0 spiro atoms. The van der Waals surface area contributed by atoms with Crippen LogP contribution in [-0.4, -0.2) is 48.3 Å². The molecule has 2 unspecified atom stereocenters. The first kappa shape index (κ1) is 16.3. The molecule has 1 saturated carbocycles. The normalized spacial score (nSPS) is 29.2. The predicted molar refractivity (Wildman–Crippen MR) is 85.4 cm³/mol. The fourth-order valence-corrected chi connectivity index (χ4v) is 4.01. The van der Waals surface area contributed by atoms with Gasteiger partial charge in [0.15, 0.2) is 0 Å². The van der Waals surface area contributed by atoms with Gasteiger partial charge in [-0.2, -0.15) is 0 Å². The second-order valence-electron chi connectivity index (χ2n) is 7.15. The topological polar surface area (TPSA) is 78.5 Å². The first-order chi connectivity index (χ1) is 11.1. The lowest BCUT2D eigenvalue weighted by Gasteiger charge is -2.26. The molecule has 3 aliphatic rings. The van der Waals surface area contributed by atoms with Crippen LogP contribution in [0, 0.1) is 11.8 Å². The molecule has 2 aliphatic heterocycles. The maximum Gasteiger partial charge on any atom is 0.225 e. The van der Waals surface area contributed by atoms with Crippen LogP contribution >= 0.6 is 0 Å². The van der Waals surface area contributed by atoms with Gasteiger partial charge in [-0.05, 0) is 25.7 Å². The maximum atomic E-state index is 12.5. The molecule has 23 heavy (non-hydrogen) atoms. The molecule has 0 bridgehead atoms. The molecule has 2 N–H and O–H groups in total. The molecule has 1 aliphatic carbocycles. The number of rotatable bonds is 3. The summed E-state index contributed by atoms with van der Waals surface area (Å²) in [6, 6.07) is 0.0417. The lowest BCUT2D eigenvalue weighted by atomic mass is 9.88. The molecule has 6 nitrogen and oxygen atoms in total. The molecule has 3 rings (SSSR count). The summed E-state index contributed by atoms with van der Waals surface area (Å²) < 4.78 is 0. The highest BCUT2D eigenvalue weighted by atomic mass is 16.2. The van der Waals surface area contributed by atoms with Gasteiger partial charge >= 0.3 is 0 Å². The lowest BCUT2D eigenvalue weighted by Crippen LogP contribution is -2.45. The van der Waals surface area contributed by atoms with Gasteiger partial charge in [-0.3, -0.25) is 14.4 Å². The van der Waals surface area contributed by atoms with Crippen molar-refractivity contribution < 1.29 is 14.4 Å². The molecule has 0 aromatic rings. The Morgan fingerprint density at radius 1 is 1.04 bits per heavy atom. The molecule has 0 aromatic heterocycles. The van der Waals surface area contributed by atoms with Crippen LogP contribution in [0.25, 0.3) is 0 Å². The van der Waals surface area contributed by atoms with E-state index in [9.17, 15) is 14.4 Å². The number of nitrogens with zero attached hydrogens (tertiary/aromatic N) is 1. The molecule has 2 saturated heterocycles. The van der Waals surface area contributed by atoms with E-state index in [1.165, 1.54) is 6.42 Å². The van der Waals surface area contributed by atoms with Crippen molar-refractivity contribution in [1.29, 1.82) is 0 Å². The van der Waals surface area contributed by atoms with Crippen LogP contribution in [0.4, 0.5) is 0 Å². The standard InChI is InChI=1S/C17H27N3O3/c21-15-10-13(6-8-18-15)16(22)19-14-7-9-20(11-14)17(23)12-4-2-1-3-5-12/h12-14H,1-11H2,(H,18,21)(H,19,22). The fraction of sp³-hybridized carbons (Fsp3) is 0.824. The first-order valence-corrected chi connectivity index (χ1v) is 8.99. The van der Waals surface area contributed by atoms with Crippen molar-refractivity contribution in [2.45, 2.75) is 57.4 Å². The predicted octanol–water partition coefficient (Wildman–Crippen LogP) is 0.810. The van der Waals surface area contributed by atoms with E-state index in [-0.39, 0.29) is 42.0 Å². The number of nitrogens with one attached hydrogen (secondary N) is 2. The van der Waals surface area contributed by atoms with E-state index in [2.05, 4.69) is 10.6 Å². The van der Waals surface area contributed by atoms with Gasteiger partial charge in [0.25, 0.3) is 0 Å². The third-order valence-corrected chi connectivity index (χ3v) is 5.42. The van der Waals surface area contributed by atoms with Crippen LogP contribution in [-0.2, 0) is 14.4 Å². The second kappa shape index (κ2) is 7.32. The number of amides is 3. The zero-order valence-corrected chi connectivity index (χ0v) is 13.7. The molecule has 0 aromatic carbocycles. The highest BCUT2D eigenvalue weighted by molar-refractivity contribution is 5.87. The van der Waals surface area contributed by atoms with Crippen LogP contribution in [0.1, 0.15) is 51.4 Å². The van der Waals surface area contributed by atoms with Crippen molar-refractivity contribution in [3.8, 4) is 0 Å². The van der Waals surface area contributed by atoms with Crippen LogP contribution in [0.3, 0.4) is 0 Å². The molecule has 128 valence electrons. The fourth-order valence-electron chi connectivity index (χ4n) is 4.01. The monoisotopic (exact) mass is 321 g/mol. The summed E-state index contributed by atoms with van der Waals surface area (Å²) in [5.41, 5.74) is 0. The van der Waals surface area contributed by atoms with Crippen molar-refractivity contribution in [2.24, 2.45) is 11.8 Å². The van der Waals surface area contributed by atoms with Crippen LogP contribution in [0.15, 0.2) is 0 Å². The molecule has 6 heteroatoms. The molecule has 0 radical (unpaired) electrons. The molecule has 2 heterocycles. The molecule has 2 atom stereocenters. The van der Waals surface area contributed by atoms with Gasteiger partial charge in [0.1, 0.15) is 0 Å². The average Bonchev–Trinajstić information content (AvgIpc) is 3.03. The zero-order valence-electron chi connectivity index (χ0n) is 13.7. The van der Waals surface area contributed by atoms with Gasteiger partial charge < -0.3 is 15.5 Å². The summed E-state index contributed by atoms with van der Waals surface area (Å²) in [6.07, 6.45) is 7.41. The maximum absolute atomic E-state index is 12.5. The quantitative estimate of drug-likeness (QED) is 0.807. The Hall–Kier alpha value is -1.59. The third kappa shape index (κ3) is 4.03. The largest absolute Gasteiger partial charge is 0.356 e. The molecular weight excluding hydrogens is 294 g/mol. The summed E-state index contributed by atoms with van der Waals surface area (Å²) in [5, 5.41) is 5.79. The number of hydrogen-bond donors (Lipinski definition) is 2. The highest BCUT2D eigenvalue weighted by Crippen LogP contribution is 2.27. The first-order valence-electron chi connectivity index (χ1n) is 8.99. The van der Waals surface area contributed by atoms with E-state index in [0.29, 0.717) is 19.5 Å². The lowest BCUT2D eigenvalue weighted by molar-refractivity contribution is -0.136. The third-order valence-electron chi connectivity index (χ3n) is 5.42. The summed E-state index contributed by atoms with van der Waals surface area (Å²) in [4.78, 5) is 38.1. The van der Waals surface area contributed by atoms with Gasteiger partial charge in [0.2, 0.25) is 17.7 Å². The summed E-state index contributed by atoms with van der Waals surface area (Å²) in [5.74, 6) is 0.180. The summed E-state index contributed by atoms with van der Waals surface area (Å²) >= 11 is 0. The van der Waals surface area contributed by atoms with Crippen molar-refractivity contribution >= 4 is 17.7 Å². The number of piperidine rings is 1. The Morgan fingerprint density at radius 3 is 2.57 bits per heavy atom. The summed E-state index contributed by atoms with van der Waals surface area (Å²) in [7, 11) is 0. The van der Waals surface area contributed by atoms with E-state index < -0.39 is 0 Å². The highest BCUT2D eigenvalue weighted by Gasteiger charge is 2.33. The van der Waals surface area contributed by atoms with Crippen molar-refractivity contribution in [3.05, 3.63) is 0 Å². The smallest absolute Gasteiger partial charge is 0.225 e. The SMILES string of the molecule is O=C1CC(C(=O)NC2CCN(C(=O)C3CCCCC3)C2)CCN1. The Kier molecular flexibility index (Phi) is 5.18. The molecular formula is C17H27N3O3. The van der Waals surface area contributed by atoms with Crippen molar-refractivity contribution in [2.75, 3.05) is 19.6 Å². The Morgan fingerprint density at radius 2 is 1.83 bits per heavy atom. The van der Waals surface area contributed by atoms with Gasteiger partial charge in [-0.25, -0.2) is 0 Å². The number of carbonyl (C=O) groups is 3. The van der Waals surface area contributed by atoms with Gasteiger partial charge in [0.05, 0.1) is 0 Å². The van der Waals surface area contributed by atoms with E-state index in [4.69, 9.17) is 0 Å². The van der Waals surface area contributed by atoms with Crippen LogP contribution in [0.5, 0.6) is 0 Å². The summed E-state index contributed by atoms with van der Waals surface area (Å²) in [6.45, 7) is 1.94. The van der Waals surface area contributed by atoms with Crippen LogP contribution in [0.2, 0.25) is 0 Å². The minimum absolute atomic E-state index is 0.0307. The van der Waals surface area contributed by atoms with Crippen molar-refractivity contribution in [1.82, 2.24) is 15.5 Å². The van der Waals surface area contributed by atoms with Crippen molar-refractivity contribution in [3.63, 3.8) is 0 Å². The Bertz CT molecular complexity index is 474. The second-order valence-corrected chi connectivity index (χ2v) is 7.15. The van der Waals surface area contributed by atoms with Gasteiger partial charge in [-0.15, -0.1) is 0 Å². The molecule has 3 amide bonds.